The molecule has 1 aromatic carbocycles. The number of carbonyl (C=O) groups is 1. The summed E-state index contributed by atoms with van der Waals surface area (Å²) in [6.45, 7) is 2.14. The van der Waals surface area contributed by atoms with Crippen molar-refractivity contribution in [2.24, 2.45) is 11.3 Å². The third kappa shape index (κ3) is 2.41. The summed E-state index contributed by atoms with van der Waals surface area (Å²) in [4.78, 5) is 12.8. The molecule has 1 amide bonds. The second-order valence-corrected chi connectivity index (χ2v) is 8.22. The highest BCUT2D eigenvalue weighted by Gasteiger charge is 2.58. The minimum absolute atomic E-state index is 0.114. The molecule has 1 heterocycles. The molecular weight excluding hydrogens is 340 g/mol. The van der Waals surface area contributed by atoms with E-state index in [-0.39, 0.29) is 11.5 Å². The minimum atomic E-state index is -0.114. The molecule has 2 saturated carbocycles. The molecule has 1 atom stereocenters. The Labute approximate surface area is 140 Å². The largest absolute Gasteiger partial charge is 0.346 e. The minimum Gasteiger partial charge on any atom is -0.346 e. The van der Waals surface area contributed by atoms with Gasteiger partial charge in [0.25, 0.3) is 0 Å². The van der Waals surface area contributed by atoms with Gasteiger partial charge in [0.1, 0.15) is 0 Å². The van der Waals surface area contributed by atoms with Crippen LogP contribution in [0.4, 0.5) is 0 Å². The van der Waals surface area contributed by atoms with Crippen LogP contribution in [0.1, 0.15) is 44.1 Å². The molecule has 4 heteroatoms. The Kier molecular flexibility index (Phi) is 3.57. The van der Waals surface area contributed by atoms with Crippen molar-refractivity contribution in [1.82, 2.24) is 10.6 Å². The Balaban J connectivity index is 1.48. The van der Waals surface area contributed by atoms with Crippen LogP contribution in [-0.2, 0) is 10.3 Å². The number of piperidine rings is 1. The molecule has 118 valence electrons. The van der Waals surface area contributed by atoms with E-state index in [1.807, 2.05) is 6.07 Å². The molecule has 3 nitrogen and oxygen atoms in total. The zero-order chi connectivity index (χ0) is 15.2. The van der Waals surface area contributed by atoms with Crippen molar-refractivity contribution < 1.29 is 4.79 Å². The number of hydrogen-bond acceptors (Lipinski definition) is 2. The SMILES string of the molecule is O=C(NC1(c2cccc(Br)c2)CCC1)C1CC12CCNCC2. The number of rotatable bonds is 3. The summed E-state index contributed by atoms with van der Waals surface area (Å²) in [6, 6.07) is 8.42. The first-order chi connectivity index (χ1) is 10.6. The Bertz CT molecular complexity index is 591. The maximum absolute atomic E-state index is 12.8. The lowest BCUT2D eigenvalue weighted by atomic mass is 9.71. The molecule has 0 aromatic heterocycles. The van der Waals surface area contributed by atoms with Gasteiger partial charge in [0.15, 0.2) is 0 Å². The van der Waals surface area contributed by atoms with Gasteiger partial charge in [-0.05, 0) is 74.7 Å². The third-order valence-electron chi connectivity index (χ3n) is 6.05. The van der Waals surface area contributed by atoms with Gasteiger partial charge in [0, 0.05) is 10.4 Å². The van der Waals surface area contributed by atoms with E-state index >= 15 is 0 Å². The third-order valence-corrected chi connectivity index (χ3v) is 6.55. The quantitative estimate of drug-likeness (QED) is 0.865. The zero-order valence-corrected chi connectivity index (χ0v) is 14.4. The van der Waals surface area contributed by atoms with Crippen LogP contribution >= 0.6 is 15.9 Å². The second kappa shape index (κ2) is 5.34. The highest BCUT2D eigenvalue weighted by Crippen LogP contribution is 2.59. The number of halogens is 1. The first-order valence-electron chi connectivity index (χ1n) is 8.42. The van der Waals surface area contributed by atoms with Crippen LogP contribution in [0, 0.1) is 11.3 Å². The van der Waals surface area contributed by atoms with E-state index in [0.717, 1.165) is 49.7 Å². The lowest BCUT2D eigenvalue weighted by molar-refractivity contribution is -0.126. The van der Waals surface area contributed by atoms with Crippen LogP contribution in [0.3, 0.4) is 0 Å². The highest BCUT2D eigenvalue weighted by molar-refractivity contribution is 9.10. The Morgan fingerprint density at radius 3 is 2.64 bits per heavy atom. The summed E-state index contributed by atoms with van der Waals surface area (Å²) in [7, 11) is 0. The van der Waals surface area contributed by atoms with Crippen LogP contribution < -0.4 is 10.6 Å². The number of benzene rings is 1. The van der Waals surface area contributed by atoms with Crippen molar-refractivity contribution >= 4 is 21.8 Å². The summed E-state index contributed by atoms with van der Waals surface area (Å²) in [5.41, 5.74) is 1.45. The van der Waals surface area contributed by atoms with Gasteiger partial charge in [-0.15, -0.1) is 0 Å². The van der Waals surface area contributed by atoms with E-state index in [4.69, 9.17) is 0 Å². The first-order valence-corrected chi connectivity index (χ1v) is 9.22. The predicted octanol–water partition coefficient (Wildman–Crippen LogP) is 3.33. The average Bonchev–Trinajstić information content (AvgIpc) is 3.17. The fourth-order valence-electron chi connectivity index (χ4n) is 4.32. The summed E-state index contributed by atoms with van der Waals surface area (Å²) in [6.07, 6.45) is 6.75. The van der Waals surface area contributed by atoms with Gasteiger partial charge in [0.2, 0.25) is 5.91 Å². The van der Waals surface area contributed by atoms with Crippen LogP contribution in [0.25, 0.3) is 0 Å². The van der Waals surface area contributed by atoms with E-state index in [1.165, 1.54) is 12.0 Å². The number of nitrogens with one attached hydrogen (secondary N) is 2. The normalized spacial score (nSPS) is 28.0. The van der Waals surface area contributed by atoms with E-state index in [0.29, 0.717) is 11.3 Å². The van der Waals surface area contributed by atoms with Crippen molar-refractivity contribution in [2.75, 3.05) is 13.1 Å². The smallest absolute Gasteiger partial charge is 0.224 e. The number of hydrogen-bond donors (Lipinski definition) is 2. The molecule has 22 heavy (non-hydrogen) atoms. The Hall–Kier alpha value is -0.870. The molecule has 1 saturated heterocycles. The van der Waals surface area contributed by atoms with Gasteiger partial charge in [-0.2, -0.15) is 0 Å². The molecule has 2 aliphatic carbocycles. The molecule has 4 rings (SSSR count). The van der Waals surface area contributed by atoms with E-state index in [9.17, 15) is 4.79 Å². The molecule has 0 radical (unpaired) electrons. The van der Waals surface area contributed by atoms with Crippen LogP contribution in [0.5, 0.6) is 0 Å². The van der Waals surface area contributed by atoms with Crippen molar-refractivity contribution in [3.8, 4) is 0 Å². The molecule has 3 fully saturated rings. The van der Waals surface area contributed by atoms with Crippen LogP contribution in [0.2, 0.25) is 0 Å². The van der Waals surface area contributed by atoms with Gasteiger partial charge in [-0.25, -0.2) is 0 Å². The van der Waals surface area contributed by atoms with Gasteiger partial charge < -0.3 is 10.6 Å². The monoisotopic (exact) mass is 362 g/mol. The summed E-state index contributed by atoms with van der Waals surface area (Å²) >= 11 is 3.55. The van der Waals surface area contributed by atoms with Crippen molar-refractivity contribution in [1.29, 1.82) is 0 Å². The fraction of sp³-hybridized carbons (Fsp3) is 0.611. The predicted molar refractivity (Wildman–Crippen MR) is 90.5 cm³/mol. The Morgan fingerprint density at radius 1 is 1.23 bits per heavy atom. The number of amides is 1. The lowest BCUT2D eigenvalue weighted by Crippen LogP contribution is -2.51. The molecule has 0 bridgehead atoms. The second-order valence-electron chi connectivity index (χ2n) is 7.30. The first kappa shape index (κ1) is 14.7. The van der Waals surface area contributed by atoms with E-state index in [1.54, 1.807) is 0 Å². The molecule has 1 spiro atoms. The average molecular weight is 363 g/mol. The molecule has 2 N–H and O–H groups in total. The maximum Gasteiger partial charge on any atom is 0.224 e. The maximum atomic E-state index is 12.8. The van der Waals surface area contributed by atoms with Gasteiger partial charge >= 0.3 is 0 Å². The van der Waals surface area contributed by atoms with Gasteiger partial charge in [-0.1, -0.05) is 28.1 Å². The van der Waals surface area contributed by atoms with E-state index < -0.39 is 0 Å². The van der Waals surface area contributed by atoms with Gasteiger partial charge in [-0.3, -0.25) is 4.79 Å². The molecular formula is C18H23BrN2O. The van der Waals surface area contributed by atoms with Crippen molar-refractivity contribution in [3.63, 3.8) is 0 Å². The van der Waals surface area contributed by atoms with E-state index in [2.05, 4.69) is 44.8 Å². The number of carbonyl (C=O) groups excluding carboxylic acids is 1. The van der Waals surface area contributed by atoms with Gasteiger partial charge in [0.05, 0.1) is 5.54 Å². The van der Waals surface area contributed by atoms with Crippen molar-refractivity contribution in [2.45, 2.75) is 44.1 Å². The summed E-state index contributed by atoms with van der Waals surface area (Å²) in [5, 5.41) is 6.83. The summed E-state index contributed by atoms with van der Waals surface area (Å²) in [5.74, 6) is 0.542. The molecule has 1 aliphatic heterocycles. The lowest BCUT2D eigenvalue weighted by Gasteiger charge is -2.43. The van der Waals surface area contributed by atoms with Crippen LogP contribution in [0.15, 0.2) is 28.7 Å². The molecule has 1 unspecified atom stereocenters. The zero-order valence-electron chi connectivity index (χ0n) is 12.8. The molecule has 3 aliphatic rings. The Morgan fingerprint density at radius 2 is 2.00 bits per heavy atom. The fourth-order valence-corrected chi connectivity index (χ4v) is 4.72. The van der Waals surface area contributed by atoms with Crippen LogP contribution in [-0.4, -0.2) is 19.0 Å². The highest BCUT2D eigenvalue weighted by atomic mass is 79.9. The van der Waals surface area contributed by atoms with Crippen molar-refractivity contribution in [3.05, 3.63) is 34.3 Å². The standard InChI is InChI=1S/C18H23BrN2O/c19-14-4-1-3-13(11-14)18(5-2-6-18)21-16(22)15-12-17(15)7-9-20-10-8-17/h1,3-4,11,15,20H,2,5-10,12H2,(H,21,22). The molecule has 1 aromatic rings. The summed E-state index contributed by atoms with van der Waals surface area (Å²) < 4.78 is 1.09. The topological polar surface area (TPSA) is 41.1 Å².